The number of hydrogen-bond donors (Lipinski definition) is 1. The summed E-state index contributed by atoms with van der Waals surface area (Å²) in [7, 11) is -1.98. The highest BCUT2D eigenvalue weighted by atomic mass is 35.5. The smallest absolute Gasteiger partial charge is 0.264 e. The van der Waals surface area contributed by atoms with Crippen molar-refractivity contribution < 1.29 is 22.7 Å². The van der Waals surface area contributed by atoms with Crippen LogP contribution in [-0.4, -0.2) is 54.0 Å². The van der Waals surface area contributed by atoms with Crippen LogP contribution in [0.25, 0.3) is 0 Å². The van der Waals surface area contributed by atoms with Crippen molar-refractivity contribution in [2.45, 2.75) is 64.3 Å². The molecule has 12 heteroatoms. The van der Waals surface area contributed by atoms with Crippen LogP contribution in [0, 0.1) is 11.8 Å². The molecular formula is C33H40ClN5O5S. The van der Waals surface area contributed by atoms with Gasteiger partial charge in [-0.2, -0.15) is 5.10 Å². The second-order valence-corrected chi connectivity index (χ2v) is 14.5. The van der Waals surface area contributed by atoms with Crippen LogP contribution in [0.15, 0.2) is 54.9 Å². The summed E-state index contributed by atoms with van der Waals surface area (Å²) in [5.41, 5.74) is 3.34. The standard InChI is InChI=1S/C33H40ClN5O5S/c1-38-22-35-32(36-38)21-44-30-8-3-2-6-16-45(41,42)37-33(40)24-11-14-31-29(18-24)39(19-25-10-13-28(25)30)15-5-4-7-23-17-27(34)12-9-26(23)20-43-31/h3,8-9,11-12,14,17-18,22,25,28,30H,2,4-7,10,13,15-16,19-21H2,1H3,(H,37,40)/b8-3+/t25?,28-,30-/m1/s1. The maximum absolute atomic E-state index is 13.2. The summed E-state index contributed by atoms with van der Waals surface area (Å²) in [4.78, 5) is 19.8. The number of nitrogens with zero attached hydrogens (tertiary/aromatic N) is 4. The van der Waals surface area contributed by atoms with E-state index in [9.17, 15) is 13.2 Å². The Morgan fingerprint density at radius 1 is 1.11 bits per heavy atom. The molecule has 1 unspecified atom stereocenters. The lowest BCUT2D eigenvalue weighted by molar-refractivity contribution is -0.0247. The van der Waals surface area contributed by atoms with Crippen LogP contribution < -0.4 is 14.4 Å². The molecule has 1 N–H and O–H groups in total. The zero-order valence-corrected chi connectivity index (χ0v) is 27.1. The Kier molecular flexibility index (Phi) is 9.77. The van der Waals surface area contributed by atoms with Crippen LogP contribution in [0.3, 0.4) is 0 Å². The van der Waals surface area contributed by atoms with Crippen LogP contribution in [0.5, 0.6) is 5.75 Å². The number of benzene rings is 2. The Morgan fingerprint density at radius 3 is 2.80 bits per heavy atom. The number of carbonyl (C=O) groups is 1. The first-order chi connectivity index (χ1) is 21.7. The molecular weight excluding hydrogens is 614 g/mol. The maximum Gasteiger partial charge on any atom is 0.264 e. The normalized spacial score (nSPS) is 24.5. The number of amides is 1. The monoisotopic (exact) mass is 653 g/mol. The number of halogens is 1. The molecule has 1 saturated carbocycles. The van der Waals surface area contributed by atoms with Crippen molar-refractivity contribution in [2.75, 3.05) is 23.7 Å². The average Bonchev–Trinajstić information content (AvgIpc) is 3.40. The minimum atomic E-state index is -3.81. The number of sulfonamides is 1. The van der Waals surface area contributed by atoms with Crippen molar-refractivity contribution in [1.29, 1.82) is 0 Å². The highest BCUT2D eigenvalue weighted by molar-refractivity contribution is 7.90. The van der Waals surface area contributed by atoms with Crippen molar-refractivity contribution >= 4 is 33.2 Å². The number of anilines is 1. The van der Waals surface area contributed by atoms with Gasteiger partial charge in [-0.15, -0.1) is 0 Å². The second-order valence-electron chi connectivity index (χ2n) is 12.2. The molecule has 1 aliphatic carbocycles. The van der Waals surface area contributed by atoms with E-state index in [4.69, 9.17) is 21.1 Å². The molecule has 1 fully saturated rings. The second kappa shape index (κ2) is 13.9. The van der Waals surface area contributed by atoms with Crippen LogP contribution in [-0.2, 0) is 41.4 Å². The van der Waals surface area contributed by atoms with Gasteiger partial charge in [0, 0.05) is 30.7 Å². The summed E-state index contributed by atoms with van der Waals surface area (Å²) >= 11 is 6.33. The average molecular weight is 654 g/mol. The van der Waals surface area contributed by atoms with Gasteiger partial charge in [0.15, 0.2) is 5.82 Å². The number of nitrogens with one attached hydrogen (secondary N) is 1. The Hall–Kier alpha value is -3.41. The van der Waals surface area contributed by atoms with Crippen molar-refractivity contribution in [3.8, 4) is 5.75 Å². The van der Waals surface area contributed by atoms with Crippen LogP contribution in [0.1, 0.15) is 65.8 Å². The van der Waals surface area contributed by atoms with Gasteiger partial charge in [-0.3, -0.25) is 9.48 Å². The number of fused-ring (bicyclic) bond motifs is 3. The van der Waals surface area contributed by atoms with Gasteiger partial charge in [-0.05, 0) is 98.2 Å². The number of carbonyl (C=O) groups excluding carboxylic acids is 1. The van der Waals surface area contributed by atoms with Gasteiger partial charge >= 0.3 is 0 Å². The van der Waals surface area contributed by atoms with Gasteiger partial charge in [0.25, 0.3) is 5.91 Å². The quantitative estimate of drug-likeness (QED) is 0.383. The molecule has 240 valence electrons. The molecule has 1 aromatic heterocycles. The fraction of sp³-hybridized carbons (Fsp3) is 0.485. The van der Waals surface area contributed by atoms with Crippen molar-refractivity contribution in [2.24, 2.45) is 18.9 Å². The number of rotatable bonds is 3. The molecule has 3 heterocycles. The van der Waals surface area contributed by atoms with Gasteiger partial charge in [0.2, 0.25) is 10.0 Å². The summed E-state index contributed by atoms with van der Waals surface area (Å²) in [6.45, 7) is 2.19. The third-order valence-electron chi connectivity index (χ3n) is 9.00. The molecule has 0 spiro atoms. The molecule has 0 saturated heterocycles. The summed E-state index contributed by atoms with van der Waals surface area (Å²) in [6, 6.07) is 11.1. The highest BCUT2D eigenvalue weighted by Gasteiger charge is 2.38. The SMILES string of the molecule is Cn1cnc(CO[C@@H]2/C=C/CCCS(=O)(=O)NC(=O)c3ccc4c(c3)N(CCCCc3cc(Cl)ccc3CO4)CC3CC[C@H]32)n1. The topological polar surface area (TPSA) is 116 Å². The number of aromatic nitrogens is 3. The molecule has 0 radical (unpaired) electrons. The lowest BCUT2D eigenvalue weighted by Gasteiger charge is -2.44. The van der Waals surface area contributed by atoms with Crippen molar-refractivity contribution in [3.63, 3.8) is 0 Å². The third-order valence-corrected chi connectivity index (χ3v) is 10.6. The molecule has 2 aliphatic heterocycles. The van der Waals surface area contributed by atoms with E-state index in [0.717, 1.165) is 56.4 Å². The number of aryl methyl sites for hydroxylation is 2. The minimum absolute atomic E-state index is 0.151. The van der Waals surface area contributed by atoms with Gasteiger partial charge in [-0.25, -0.2) is 18.1 Å². The molecule has 1 amide bonds. The first kappa shape index (κ1) is 31.6. The van der Waals surface area contributed by atoms with E-state index >= 15 is 0 Å². The largest absolute Gasteiger partial charge is 0.487 e. The predicted molar refractivity (Wildman–Crippen MR) is 173 cm³/mol. The first-order valence-corrected chi connectivity index (χ1v) is 17.7. The summed E-state index contributed by atoms with van der Waals surface area (Å²) in [6.07, 6.45) is 11.4. The van der Waals surface area contributed by atoms with E-state index < -0.39 is 15.9 Å². The minimum Gasteiger partial charge on any atom is -0.487 e. The van der Waals surface area contributed by atoms with Crippen LogP contribution in [0.4, 0.5) is 5.69 Å². The highest BCUT2D eigenvalue weighted by Crippen LogP contribution is 2.42. The zero-order chi connectivity index (χ0) is 31.4. The van der Waals surface area contributed by atoms with Gasteiger partial charge < -0.3 is 14.4 Å². The fourth-order valence-electron chi connectivity index (χ4n) is 6.43. The number of allylic oxidation sites excluding steroid dienone is 1. The predicted octanol–water partition coefficient (Wildman–Crippen LogP) is 5.21. The molecule has 3 atom stereocenters. The third kappa shape index (κ3) is 7.88. The first-order valence-electron chi connectivity index (χ1n) is 15.7. The van der Waals surface area contributed by atoms with Crippen LogP contribution >= 0.6 is 11.6 Å². The number of ether oxygens (including phenoxy) is 2. The molecule has 2 bridgehead atoms. The summed E-state index contributed by atoms with van der Waals surface area (Å²) < 4.78 is 42.4. The van der Waals surface area contributed by atoms with E-state index in [1.54, 1.807) is 29.2 Å². The molecule has 2 aromatic carbocycles. The van der Waals surface area contributed by atoms with E-state index in [1.807, 2.05) is 31.3 Å². The zero-order valence-electron chi connectivity index (χ0n) is 25.5. The lowest BCUT2D eigenvalue weighted by atomic mass is 9.70. The maximum atomic E-state index is 13.2. The lowest BCUT2D eigenvalue weighted by Crippen LogP contribution is -2.44. The summed E-state index contributed by atoms with van der Waals surface area (Å²) in [5.74, 6) is 1.14. The molecule has 3 aliphatic rings. The Labute approximate surface area is 269 Å². The van der Waals surface area contributed by atoms with Crippen LogP contribution in [0.2, 0.25) is 5.02 Å². The van der Waals surface area contributed by atoms with E-state index in [-0.39, 0.29) is 23.3 Å². The van der Waals surface area contributed by atoms with E-state index in [1.165, 1.54) is 5.56 Å². The molecule has 10 nitrogen and oxygen atoms in total. The fourth-order valence-corrected chi connectivity index (χ4v) is 7.68. The van der Waals surface area contributed by atoms with Crippen molar-refractivity contribution in [3.05, 3.63) is 82.4 Å². The van der Waals surface area contributed by atoms with Gasteiger partial charge in [0.1, 0.15) is 25.3 Å². The summed E-state index contributed by atoms with van der Waals surface area (Å²) in [5, 5.41) is 5.08. The Morgan fingerprint density at radius 2 is 2.00 bits per heavy atom. The van der Waals surface area contributed by atoms with E-state index in [0.29, 0.717) is 48.6 Å². The Balaban J connectivity index is 1.33. The molecule has 3 aromatic rings. The Bertz CT molecular complexity index is 1660. The number of hydrogen-bond acceptors (Lipinski definition) is 8. The van der Waals surface area contributed by atoms with Gasteiger partial charge in [0.05, 0.1) is 17.5 Å². The molecule has 6 rings (SSSR count). The van der Waals surface area contributed by atoms with Gasteiger partial charge in [-0.1, -0.05) is 29.8 Å². The molecule has 45 heavy (non-hydrogen) atoms. The van der Waals surface area contributed by atoms with Crippen molar-refractivity contribution in [1.82, 2.24) is 19.5 Å². The van der Waals surface area contributed by atoms with E-state index in [2.05, 4.69) is 25.8 Å².